The zero-order chi connectivity index (χ0) is 20.9. The number of methoxy groups -OCH3 is 2. The predicted molar refractivity (Wildman–Crippen MR) is 106 cm³/mol. The van der Waals surface area contributed by atoms with Gasteiger partial charge in [-0.1, -0.05) is 32.9 Å². The molecule has 6 atom stereocenters. The fraction of sp³-hybridized carbons (Fsp3) is 0.739. The Morgan fingerprint density at radius 1 is 1.32 bits per heavy atom. The van der Waals surface area contributed by atoms with Gasteiger partial charge in [0.05, 0.1) is 20.1 Å². The number of carbonyl (C=O) groups excluding carboxylic acids is 2. The van der Waals surface area contributed by atoms with E-state index in [-0.39, 0.29) is 22.4 Å². The van der Waals surface area contributed by atoms with Gasteiger partial charge >= 0.3 is 5.97 Å². The summed E-state index contributed by atoms with van der Waals surface area (Å²) in [7, 11) is 2.62. The van der Waals surface area contributed by atoms with Gasteiger partial charge in [-0.2, -0.15) is 0 Å². The lowest BCUT2D eigenvalue weighted by atomic mass is 9.45. The quantitative estimate of drug-likeness (QED) is 0.584. The van der Waals surface area contributed by atoms with Crippen molar-refractivity contribution < 1.29 is 24.2 Å². The second kappa shape index (κ2) is 7.01. The van der Waals surface area contributed by atoms with E-state index in [2.05, 4.69) is 27.4 Å². The van der Waals surface area contributed by atoms with E-state index in [1.165, 1.54) is 25.9 Å². The Bertz CT molecular complexity index is 725. The van der Waals surface area contributed by atoms with Gasteiger partial charge in [-0.05, 0) is 61.2 Å². The van der Waals surface area contributed by atoms with E-state index >= 15 is 0 Å². The molecule has 5 heteroatoms. The summed E-state index contributed by atoms with van der Waals surface area (Å²) in [5, 5.41) is 11.2. The lowest BCUT2D eigenvalue weighted by molar-refractivity contribution is -0.167. The first-order valence-electron chi connectivity index (χ1n) is 10.3. The maximum atomic E-state index is 13.0. The number of esters is 1. The van der Waals surface area contributed by atoms with Crippen molar-refractivity contribution in [3.63, 3.8) is 0 Å². The van der Waals surface area contributed by atoms with Gasteiger partial charge < -0.3 is 14.6 Å². The Kier molecular flexibility index (Phi) is 5.28. The molecule has 2 fully saturated rings. The van der Waals surface area contributed by atoms with Crippen LogP contribution in [0.15, 0.2) is 24.0 Å². The molecule has 0 radical (unpaired) electrons. The van der Waals surface area contributed by atoms with Crippen molar-refractivity contribution in [2.24, 2.45) is 28.6 Å². The van der Waals surface area contributed by atoms with Crippen LogP contribution in [-0.4, -0.2) is 36.7 Å². The van der Waals surface area contributed by atoms with Crippen LogP contribution in [0.5, 0.6) is 0 Å². The highest BCUT2D eigenvalue weighted by Gasteiger charge is 2.60. The van der Waals surface area contributed by atoms with Crippen LogP contribution in [0.25, 0.3) is 0 Å². The number of hydrogen-bond donors (Lipinski definition) is 1. The Morgan fingerprint density at radius 3 is 2.61 bits per heavy atom. The maximum absolute atomic E-state index is 13.0. The molecule has 2 saturated carbocycles. The van der Waals surface area contributed by atoms with Crippen LogP contribution in [0.1, 0.15) is 59.3 Å². The minimum absolute atomic E-state index is 0.0424. The monoisotopic (exact) mass is 390 g/mol. The molecule has 3 rings (SSSR count). The zero-order valence-corrected chi connectivity index (χ0v) is 17.8. The van der Waals surface area contributed by atoms with E-state index in [1.807, 2.05) is 0 Å². The third-order valence-electron chi connectivity index (χ3n) is 8.38. The fourth-order valence-corrected chi connectivity index (χ4v) is 6.27. The van der Waals surface area contributed by atoms with Crippen LogP contribution < -0.4 is 0 Å². The fourth-order valence-electron chi connectivity index (χ4n) is 6.27. The molecule has 5 nitrogen and oxygen atoms in total. The van der Waals surface area contributed by atoms with Gasteiger partial charge in [-0.25, -0.2) is 4.79 Å². The van der Waals surface area contributed by atoms with E-state index in [0.29, 0.717) is 18.3 Å². The van der Waals surface area contributed by atoms with Gasteiger partial charge in [-0.15, -0.1) is 0 Å². The van der Waals surface area contributed by atoms with Gasteiger partial charge in [0.15, 0.2) is 11.4 Å². The summed E-state index contributed by atoms with van der Waals surface area (Å²) in [6.45, 7) is 11.2. The van der Waals surface area contributed by atoms with E-state index in [1.54, 1.807) is 0 Å². The minimum Gasteiger partial charge on any atom is -0.493 e. The first kappa shape index (κ1) is 21.1. The summed E-state index contributed by atoms with van der Waals surface area (Å²) in [5.41, 5.74) is -0.824. The topological polar surface area (TPSA) is 72.8 Å². The number of ether oxygens (including phenoxy) is 2. The molecule has 0 aromatic heterocycles. The average Bonchev–Trinajstić information content (AvgIpc) is 2.91. The third kappa shape index (κ3) is 2.85. The van der Waals surface area contributed by atoms with E-state index < -0.39 is 17.5 Å². The Labute approximate surface area is 168 Å². The van der Waals surface area contributed by atoms with Crippen LogP contribution in [0, 0.1) is 28.6 Å². The summed E-state index contributed by atoms with van der Waals surface area (Å²) in [6.07, 6.45) is 7.05. The van der Waals surface area contributed by atoms with Gasteiger partial charge in [0.2, 0.25) is 5.78 Å². The number of hydrogen-bond acceptors (Lipinski definition) is 5. The number of ketones is 1. The molecule has 3 aliphatic carbocycles. The molecule has 0 aromatic rings. The highest BCUT2D eigenvalue weighted by atomic mass is 16.5. The van der Waals surface area contributed by atoms with Crippen LogP contribution in [0.2, 0.25) is 0 Å². The highest BCUT2D eigenvalue weighted by molar-refractivity contribution is 6.05. The zero-order valence-electron chi connectivity index (χ0n) is 17.8. The second-order valence-corrected chi connectivity index (χ2v) is 9.56. The van der Waals surface area contributed by atoms with Crippen molar-refractivity contribution in [3.8, 4) is 0 Å². The molecular formula is C23H34O5. The summed E-state index contributed by atoms with van der Waals surface area (Å²) in [6, 6.07) is 0. The van der Waals surface area contributed by atoms with Gasteiger partial charge in [0.25, 0.3) is 0 Å². The van der Waals surface area contributed by atoms with Crippen molar-refractivity contribution in [2.75, 3.05) is 14.2 Å². The number of allylic oxidation sites excluding steroid dienone is 2. The maximum Gasteiger partial charge on any atom is 0.342 e. The largest absolute Gasteiger partial charge is 0.493 e. The predicted octanol–water partition coefficient (Wildman–Crippen LogP) is 3.81. The summed E-state index contributed by atoms with van der Waals surface area (Å²) >= 11 is 0. The molecule has 0 aromatic carbocycles. The van der Waals surface area contributed by atoms with Crippen LogP contribution in [0.4, 0.5) is 0 Å². The summed E-state index contributed by atoms with van der Waals surface area (Å²) in [5.74, 6) is -1.23. The van der Waals surface area contributed by atoms with Gasteiger partial charge in [0, 0.05) is 6.08 Å². The Balaban J connectivity index is 2.00. The van der Waals surface area contributed by atoms with E-state index in [4.69, 9.17) is 9.47 Å². The molecule has 0 aliphatic heterocycles. The average molecular weight is 391 g/mol. The molecule has 0 unspecified atom stereocenters. The SMILES string of the molecule is C=C1CCC[C@@H]2[C@](C)(C[C@H]3C(=O)C(OC)=C[C@@]3(O)C(=O)OC)[C@@H](C)CC[C@]12C. The number of aliphatic hydroxyl groups is 1. The lowest BCUT2D eigenvalue weighted by Gasteiger charge is -2.59. The van der Waals surface area contributed by atoms with Crippen molar-refractivity contribution in [2.45, 2.75) is 64.9 Å². The molecule has 0 heterocycles. The van der Waals surface area contributed by atoms with Crippen molar-refractivity contribution in [3.05, 3.63) is 24.0 Å². The number of fused-ring (bicyclic) bond motifs is 1. The first-order valence-corrected chi connectivity index (χ1v) is 10.3. The smallest absolute Gasteiger partial charge is 0.342 e. The molecule has 3 aliphatic rings. The standard InChI is InChI=1S/C23H34O5/c1-14-8-7-9-18-21(14,3)11-10-15(2)22(18,4)12-16-19(24)17(27-5)13-23(16,26)20(25)28-6/h13,15-16,18,26H,1,7-12H2,2-6H3/t15-,16-,18-,21+,22+,23-/m0/s1. The van der Waals surface area contributed by atoms with Crippen molar-refractivity contribution >= 4 is 11.8 Å². The van der Waals surface area contributed by atoms with Crippen molar-refractivity contribution in [1.29, 1.82) is 0 Å². The first-order chi connectivity index (χ1) is 13.0. The molecule has 156 valence electrons. The van der Waals surface area contributed by atoms with Gasteiger partial charge in [-0.3, -0.25) is 4.79 Å². The van der Waals surface area contributed by atoms with Crippen LogP contribution >= 0.6 is 0 Å². The number of rotatable bonds is 4. The normalized spacial score (nSPS) is 43.4. The molecule has 0 bridgehead atoms. The molecule has 28 heavy (non-hydrogen) atoms. The van der Waals surface area contributed by atoms with E-state index in [9.17, 15) is 14.7 Å². The van der Waals surface area contributed by atoms with Crippen molar-refractivity contribution in [1.82, 2.24) is 0 Å². The number of carbonyl (C=O) groups is 2. The second-order valence-electron chi connectivity index (χ2n) is 9.56. The Hall–Kier alpha value is -1.62. The highest BCUT2D eigenvalue weighted by Crippen LogP contribution is 2.63. The van der Waals surface area contributed by atoms with Crippen LogP contribution in [0.3, 0.4) is 0 Å². The molecule has 0 amide bonds. The molecular weight excluding hydrogens is 356 g/mol. The molecule has 0 saturated heterocycles. The minimum atomic E-state index is -1.97. The lowest BCUT2D eigenvalue weighted by Crippen LogP contribution is -2.54. The van der Waals surface area contributed by atoms with Crippen LogP contribution in [-0.2, 0) is 19.1 Å². The molecule has 0 spiro atoms. The summed E-state index contributed by atoms with van der Waals surface area (Å²) < 4.78 is 10.0. The molecule has 1 N–H and O–H groups in total. The third-order valence-corrected chi connectivity index (χ3v) is 8.38. The number of Topliss-reactive ketones (excluding diaryl/α,β-unsaturated/α-hetero) is 1. The van der Waals surface area contributed by atoms with E-state index in [0.717, 1.165) is 32.1 Å². The Morgan fingerprint density at radius 2 is 2.00 bits per heavy atom. The summed E-state index contributed by atoms with van der Waals surface area (Å²) in [4.78, 5) is 25.5. The van der Waals surface area contributed by atoms with Gasteiger partial charge in [0.1, 0.15) is 0 Å².